The number of aryl methyl sites for hydroxylation is 1. The van der Waals surface area contributed by atoms with Gasteiger partial charge in [-0.1, -0.05) is 221 Å². The van der Waals surface area contributed by atoms with Gasteiger partial charge in [-0.25, -0.2) is 6.07 Å². The number of benzene rings is 3. The van der Waals surface area contributed by atoms with Crippen molar-refractivity contribution in [3.63, 3.8) is 0 Å². The summed E-state index contributed by atoms with van der Waals surface area (Å²) < 4.78 is 0. The van der Waals surface area contributed by atoms with Crippen LogP contribution in [0.1, 0.15) is 183 Å². The molecule has 0 spiro atoms. The predicted molar refractivity (Wildman–Crippen MR) is 236 cm³/mol. The molecule has 0 heterocycles. The zero-order chi connectivity index (χ0) is 39.5. The zero-order valence-electron chi connectivity index (χ0n) is 38.7. The Morgan fingerprint density at radius 2 is 0.679 bits per heavy atom. The van der Waals surface area contributed by atoms with E-state index in [0.29, 0.717) is 0 Å². The molecule has 4 rings (SSSR count). The molecule has 4 aromatic rings. The van der Waals surface area contributed by atoms with E-state index in [2.05, 4.69) is 204 Å². The van der Waals surface area contributed by atoms with Crippen molar-refractivity contribution < 1.29 is 58.9 Å². The molecule has 5 heteroatoms. The van der Waals surface area contributed by atoms with Crippen molar-refractivity contribution in [3.05, 3.63) is 112 Å². The number of unbranched alkanes of at least 4 members (excludes halogenated alkanes) is 1. The average Bonchev–Trinajstić information content (AvgIpc) is 3.46. The maximum Gasteiger partial charge on any atom is 4.00 e. The van der Waals surface area contributed by atoms with Crippen LogP contribution in [0.4, 0.5) is 0 Å². The first-order chi connectivity index (χ1) is 23.5. The van der Waals surface area contributed by atoms with Crippen LogP contribution in [0.15, 0.2) is 72.8 Å². The predicted octanol–water partition coefficient (Wildman–Crippen LogP) is 2.92. The fraction of sp³-hybridized carbons (Fsp3) is 0.549. The Morgan fingerprint density at radius 3 is 0.893 bits per heavy atom. The molecule has 56 heavy (non-hydrogen) atoms. The summed E-state index contributed by atoms with van der Waals surface area (Å²) in [6.07, 6.45) is 3.55. The Balaban J connectivity index is 0.00000756. The smallest absolute Gasteiger partial charge is 1.00 e. The van der Waals surface area contributed by atoms with E-state index < -0.39 is 8.07 Å². The third-order valence-corrected chi connectivity index (χ3v) is 16.0. The second kappa shape index (κ2) is 19.0. The molecule has 4 aromatic carbocycles. The van der Waals surface area contributed by atoms with E-state index in [1.165, 1.54) is 72.5 Å². The molecule has 308 valence electrons. The van der Waals surface area contributed by atoms with Crippen LogP contribution in [0.5, 0.6) is 0 Å². The topological polar surface area (TPSA) is 0 Å². The summed E-state index contributed by atoms with van der Waals surface area (Å²) in [5.74, 6) is 0. The molecule has 0 unspecified atom stereocenters. The van der Waals surface area contributed by atoms with E-state index >= 15 is 0 Å². The second-order valence-corrected chi connectivity index (χ2v) is 26.1. The first-order valence-electron chi connectivity index (χ1n) is 20.2. The van der Waals surface area contributed by atoms with Gasteiger partial charge in [-0.3, -0.25) is 0 Å². The minimum atomic E-state index is -2.98. The van der Waals surface area contributed by atoms with Gasteiger partial charge in [-0.15, -0.1) is 5.19 Å². The van der Waals surface area contributed by atoms with Crippen molar-refractivity contribution in [1.29, 1.82) is 0 Å². The minimum absolute atomic E-state index is 0. The number of hydrogen-bond acceptors (Lipinski definition) is 0. The van der Waals surface area contributed by atoms with Crippen LogP contribution in [0.2, 0.25) is 0 Å². The van der Waals surface area contributed by atoms with Gasteiger partial charge in [0.25, 0.3) is 0 Å². The maximum atomic E-state index is 2.64. The first-order valence-corrected chi connectivity index (χ1v) is 22.2. The van der Waals surface area contributed by atoms with Crippen LogP contribution in [0.25, 0.3) is 0 Å². The van der Waals surface area contributed by atoms with Gasteiger partial charge in [0.15, 0.2) is 0 Å². The fourth-order valence-electron chi connectivity index (χ4n) is 7.39. The molecule has 0 radical (unpaired) electrons. The largest absolute Gasteiger partial charge is 4.00 e. The summed E-state index contributed by atoms with van der Waals surface area (Å²) in [6.45, 7) is 45.4. The summed E-state index contributed by atoms with van der Waals surface area (Å²) >= 11 is 0. The van der Waals surface area contributed by atoms with E-state index in [1.54, 1.807) is 0 Å². The Bertz CT molecular complexity index is 1590. The van der Waals surface area contributed by atoms with Crippen molar-refractivity contribution in [2.24, 2.45) is 0 Å². The minimum Gasteiger partial charge on any atom is -1.00 e. The van der Waals surface area contributed by atoms with E-state index in [-0.39, 0.29) is 91.4 Å². The van der Waals surface area contributed by atoms with Gasteiger partial charge in [0.1, 0.15) is 8.07 Å². The maximum absolute atomic E-state index is 2.98. The number of hydrogen-bond donors (Lipinski definition) is 0. The SMILES string of the molecule is CCCCc1cc[c-]([Si](c2cc(C(C)(C)C)cc(C(C)(C)C)c2)(c2cc(C(C)(C)C)cc(C(C)(C)C)c2)c2cc(C(C)(C)C)cc(C(C)(C)C)c2)c1.[Cl-].[Cl-].[Cl-].[Ti+4]. The van der Waals surface area contributed by atoms with Gasteiger partial charge in [0, 0.05) is 0 Å². The van der Waals surface area contributed by atoms with Gasteiger partial charge < -0.3 is 37.2 Å². The van der Waals surface area contributed by atoms with Crippen LogP contribution >= 0.6 is 0 Å². The zero-order valence-corrected chi connectivity index (χ0v) is 43.5. The van der Waals surface area contributed by atoms with E-state index in [0.717, 1.165) is 6.42 Å². The molecule has 0 atom stereocenters. The Morgan fingerprint density at radius 1 is 0.429 bits per heavy atom. The quantitative estimate of drug-likeness (QED) is 0.153. The molecule has 0 amide bonds. The molecule has 0 aliphatic carbocycles. The molecule has 0 fully saturated rings. The Labute approximate surface area is 380 Å². The Kier molecular flexibility index (Phi) is 18.6. The number of halogens is 3. The van der Waals surface area contributed by atoms with E-state index in [1.807, 2.05) is 0 Å². The van der Waals surface area contributed by atoms with Gasteiger partial charge in [0.2, 0.25) is 0 Å². The second-order valence-electron chi connectivity index (χ2n) is 22.3. The molecule has 0 bridgehead atoms. The van der Waals surface area contributed by atoms with Crippen molar-refractivity contribution in [2.45, 2.75) is 183 Å². The van der Waals surface area contributed by atoms with Crippen LogP contribution < -0.4 is 58.0 Å². The summed E-state index contributed by atoms with van der Waals surface area (Å²) in [7, 11) is -2.98. The molecular weight excluding hydrogens is 795 g/mol. The van der Waals surface area contributed by atoms with E-state index in [9.17, 15) is 0 Å². The first kappa shape index (κ1) is 54.8. The van der Waals surface area contributed by atoms with Crippen molar-refractivity contribution in [1.82, 2.24) is 0 Å². The normalized spacial score (nSPS) is 12.9. The molecule has 0 aliphatic rings. The standard InChI is InChI=1S/C51H75Si.3ClH.Ti/c1-20-21-22-35-23-24-42(25-35)52(43-29-36(46(2,3)4)26-37(30-43)47(5,6)7,44-31-38(48(8,9)10)27-39(32-44)49(11,12)13)45-33-40(50(14,15)16)28-41(34-45)51(17,18)19;;;;/h23-34H,20-22H2,1-19H3;3*1H;/q-1;;;;+4/p-3. The molecule has 0 N–H and O–H groups in total. The van der Waals surface area contributed by atoms with Crippen LogP contribution in [-0.2, 0) is 60.6 Å². The number of rotatable bonds is 7. The monoisotopic (exact) mass is 868 g/mol. The molecule has 0 aliphatic heterocycles. The van der Waals surface area contributed by atoms with Crippen molar-refractivity contribution in [3.8, 4) is 0 Å². The molecular formula is C51H75Cl3SiTi. The molecule has 0 saturated heterocycles. The van der Waals surface area contributed by atoms with Gasteiger partial charge in [-0.2, -0.15) is 17.7 Å². The fourth-order valence-corrected chi connectivity index (χ4v) is 12.4. The van der Waals surface area contributed by atoms with Crippen LogP contribution in [0.3, 0.4) is 0 Å². The summed E-state index contributed by atoms with van der Waals surface area (Å²) in [5.41, 5.74) is 10.0. The van der Waals surface area contributed by atoms with Crippen LogP contribution in [0, 0.1) is 0 Å². The average molecular weight is 870 g/mol. The van der Waals surface area contributed by atoms with Crippen LogP contribution in [-0.4, -0.2) is 8.07 Å². The van der Waals surface area contributed by atoms with Crippen molar-refractivity contribution >= 4 is 28.8 Å². The summed E-state index contributed by atoms with van der Waals surface area (Å²) in [5, 5.41) is 6.04. The third-order valence-electron chi connectivity index (χ3n) is 11.4. The van der Waals surface area contributed by atoms with Gasteiger partial charge in [-0.05, 0) is 65.9 Å². The van der Waals surface area contributed by atoms with Crippen molar-refractivity contribution in [2.75, 3.05) is 0 Å². The molecule has 0 saturated carbocycles. The van der Waals surface area contributed by atoms with Gasteiger partial charge in [0.05, 0.1) is 0 Å². The Hall–Kier alpha value is -1.19. The summed E-state index contributed by atoms with van der Waals surface area (Å²) in [4.78, 5) is 0. The third kappa shape index (κ3) is 12.2. The molecule has 0 aromatic heterocycles. The summed E-state index contributed by atoms with van der Waals surface area (Å²) in [6, 6.07) is 31.0. The van der Waals surface area contributed by atoms with E-state index in [4.69, 9.17) is 0 Å². The van der Waals surface area contributed by atoms with Gasteiger partial charge >= 0.3 is 21.7 Å². The molecule has 0 nitrogen and oxygen atoms in total.